The number of ether oxygens (including phenoxy) is 1. The number of phosphoric acid groups is 1. The molecule has 47 heavy (non-hydrogen) atoms. The summed E-state index contributed by atoms with van der Waals surface area (Å²) < 4.78 is 26.7. The number of nitrogens with one attached hydrogen (secondary N) is 1. The Hall–Kier alpha value is -1.51. The molecule has 1 amide bonds. The lowest BCUT2D eigenvalue weighted by Crippen LogP contribution is -2.27. The van der Waals surface area contributed by atoms with Crippen molar-refractivity contribution in [3.8, 4) is 0 Å². The first-order chi connectivity index (χ1) is 22.8. The van der Waals surface area contributed by atoms with Crippen LogP contribution in [0.1, 0.15) is 168 Å². The van der Waals surface area contributed by atoms with Crippen molar-refractivity contribution < 1.29 is 37.9 Å². The Balaban J connectivity index is 3.64. The van der Waals surface area contributed by atoms with Gasteiger partial charge >= 0.3 is 13.8 Å². The second-order valence-corrected chi connectivity index (χ2v) is 14.0. The molecule has 3 N–H and O–H groups in total. The number of unbranched alkanes of at least 4 members (excludes halogenated alkanes) is 18. The lowest BCUT2D eigenvalue weighted by molar-refractivity contribution is -0.147. The third kappa shape index (κ3) is 35.6. The molecule has 0 aliphatic carbocycles. The summed E-state index contributed by atoms with van der Waals surface area (Å²) in [5.41, 5.74) is 0. The Bertz CT molecular complexity index is 835. The molecule has 0 radical (unpaired) electrons. The molecule has 0 rings (SSSR count). The zero-order chi connectivity index (χ0) is 34.7. The van der Waals surface area contributed by atoms with E-state index < -0.39 is 26.5 Å². The van der Waals surface area contributed by atoms with Gasteiger partial charge in [0.1, 0.15) is 12.7 Å². The van der Waals surface area contributed by atoms with Crippen LogP contribution in [0.5, 0.6) is 0 Å². The highest BCUT2D eigenvalue weighted by molar-refractivity contribution is 7.47. The SMILES string of the molecule is CCC/C=C\CCCCCCCC(=O)NCCOP(=O)(O)OCC(O)COC(=O)CCCCCCC/C=C\CCCCCCCCC. The predicted molar refractivity (Wildman–Crippen MR) is 192 cm³/mol. The van der Waals surface area contributed by atoms with E-state index in [-0.39, 0.29) is 32.1 Å². The van der Waals surface area contributed by atoms with Gasteiger partial charge < -0.3 is 20.1 Å². The summed E-state index contributed by atoms with van der Waals surface area (Å²) in [4.78, 5) is 33.7. The number of esters is 1. The number of aliphatic hydroxyl groups excluding tert-OH is 1. The molecule has 2 unspecified atom stereocenters. The van der Waals surface area contributed by atoms with E-state index in [4.69, 9.17) is 13.8 Å². The maximum Gasteiger partial charge on any atom is 0.472 e. The molecule has 0 bridgehead atoms. The van der Waals surface area contributed by atoms with Crippen LogP contribution in [0, 0.1) is 0 Å². The summed E-state index contributed by atoms with van der Waals surface area (Å²) >= 11 is 0. The molecule has 2 atom stereocenters. The second-order valence-electron chi connectivity index (χ2n) is 12.5. The fourth-order valence-electron chi connectivity index (χ4n) is 4.96. The minimum Gasteiger partial charge on any atom is -0.463 e. The summed E-state index contributed by atoms with van der Waals surface area (Å²) in [5.74, 6) is -0.536. The third-order valence-corrected chi connectivity index (χ3v) is 8.82. The van der Waals surface area contributed by atoms with Gasteiger partial charge in [0.2, 0.25) is 5.91 Å². The monoisotopic (exact) mass is 687 g/mol. The molecule has 0 spiro atoms. The number of hydrogen-bond acceptors (Lipinski definition) is 7. The van der Waals surface area contributed by atoms with E-state index in [2.05, 4.69) is 43.5 Å². The van der Waals surface area contributed by atoms with E-state index >= 15 is 0 Å². The Labute approximate surface area is 287 Å². The van der Waals surface area contributed by atoms with E-state index in [1.165, 1.54) is 64.2 Å². The molecular formula is C37H70NO8P. The smallest absolute Gasteiger partial charge is 0.463 e. The number of hydrogen-bond donors (Lipinski definition) is 3. The van der Waals surface area contributed by atoms with Crippen molar-refractivity contribution in [1.29, 1.82) is 0 Å². The maximum atomic E-state index is 12.0. The molecule has 10 heteroatoms. The predicted octanol–water partition coefficient (Wildman–Crippen LogP) is 9.65. The number of amides is 1. The summed E-state index contributed by atoms with van der Waals surface area (Å²) in [7, 11) is -4.41. The largest absolute Gasteiger partial charge is 0.472 e. The number of phosphoric ester groups is 1. The molecule has 0 saturated carbocycles. The topological polar surface area (TPSA) is 131 Å². The zero-order valence-electron chi connectivity index (χ0n) is 30.0. The molecule has 0 aromatic carbocycles. The van der Waals surface area contributed by atoms with Crippen LogP contribution >= 0.6 is 7.82 Å². The van der Waals surface area contributed by atoms with Crippen LogP contribution in [0.25, 0.3) is 0 Å². The maximum absolute atomic E-state index is 12.0. The number of rotatable bonds is 35. The van der Waals surface area contributed by atoms with Crippen molar-refractivity contribution in [3.63, 3.8) is 0 Å². The van der Waals surface area contributed by atoms with Crippen LogP contribution in [0.4, 0.5) is 0 Å². The van der Waals surface area contributed by atoms with Crippen molar-refractivity contribution >= 4 is 19.7 Å². The van der Waals surface area contributed by atoms with E-state index in [0.717, 1.165) is 77.0 Å². The van der Waals surface area contributed by atoms with Gasteiger partial charge in [0.05, 0.1) is 13.2 Å². The molecule has 276 valence electrons. The van der Waals surface area contributed by atoms with Gasteiger partial charge in [-0.2, -0.15) is 0 Å². The van der Waals surface area contributed by atoms with Gasteiger partial charge in [-0.25, -0.2) is 4.57 Å². The van der Waals surface area contributed by atoms with Gasteiger partial charge in [-0.3, -0.25) is 18.6 Å². The molecule has 0 saturated heterocycles. The van der Waals surface area contributed by atoms with E-state index in [0.29, 0.717) is 6.42 Å². The van der Waals surface area contributed by atoms with Gasteiger partial charge in [0.15, 0.2) is 0 Å². The molecule has 0 aromatic rings. The quantitative estimate of drug-likeness (QED) is 0.0260. The van der Waals surface area contributed by atoms with Crippen LogP contribution < -0.4 is 5.32 Å². The molecule has 0 aliphatic rings. The minimum atomic E-state index is -4.41. The summed E-state index contributed by atoms with van der Waals surface area (Å²) in [6.45, 7) is 3.45. The summed E-state index contributed by atoms with van der Waals surface area (Å²) in [6.07, 6.45) is 34.0. The average molecular weight is 688 g/mol. The number of carbonyl (C=O) groups is 2. The zero-order valence-corrected chi connectivity index (χ0v) is 30.9. The highest BCUT2D eigenvalue weighted by Gasteiger charge is 2.23. The van der Waals surface area contributed by atoms with Crippen molar-refractivity contribution in [2.75, 3.05) is 26.4 Å². The van der Waals surface area contributed by atoms with Gasteiger partial charge in [-0.15, -0.1) is 0 Å². The number of aliphatic hydroxyl groups is 1. The first-order valence-corrected chi connectivity index (χ1v) is 20.3. The van der Waals surface area contributed by atoms with Crippen LogP contribution in [0.15, 0.2) is 24.3 Å². The van der Waals surface area contributed by atoms with Crippen molar-refractivity contribution in [2.45, 2.75) is 174 Å². The van der Waals surface area contributed by atoms with E-state index in [1.54, 1.807) is 0 Å². The Kier molecular flexibility index (Phi) is 33.3. The first kappa shape index (κ1) is 45.5. The normalized spacial score (nSPS) is 13.7. The molecule has 0 fully saturated rings. The van der Waals surface area contributed by atoms with E-state index in [9.17, 15) is 24.2 Å². The van der Waals surface area contributed by atoms with Crippen molar-refractivity contribution in [2.24, 2.45) is 0 Å². The van der Waals surface area contributed by atoms with Crippen LogP contribution in [0.2, 0.25) is 0 Å². The highest BCUT2D eigenvalue weighted by Crippen LogP contribution is 2.42. The Morgan fingerprint density at radius 2 is 1.13 bits per heavy atom. The van der Waals surface area contributed by atoms with Crippen molar-refractivity contribution in [3.05, 3.63) is 24.3 Å². The Morgan fingerprint density at radius 1 is 0.638 bits per heavy atom. The minimum absolute atomic E-state index is 0.0768. The van der Waals surface area contributed by atoms with Crippen molar-refractivity contribution in [1.82, 2.24) is 5.32 Å². The molecule has 0 heterocycles. The van der Waals surface area contributed by atoms with Gasteiger partial charge in [0.25, 0.3) is 0 Å². The molecule has 9 nitrogen and oxygen atoms in total. The summed E-state index contributed by atoms with van der Waals surface area (Å²) in [6, 6.07) is 0. The molecule has 0 aliphatic heterocycles. The number of allylic oxidation sites excluding steroid dienone is 4. The number of carbonyl (C=O) groups excluding carboxylic acids is 2. The highest BCUT2D eigenvalue weighted by atomic mass is 31.2. The second kappa shape index (κ2) is 34.4. The van der Waals surface area contributed by atoms with Gasteiger partial charge in [-0.1, -0.05) is 122 Å². The lowest BCUT2D eigenvalue weighted by atomic mass is 10.1. The lowest BCUT2D eigenvalue weighted by Gasteiger charge is -2.15. The van der Waals surface area contributed by atoms with E-state index in [1.807, 2.05) is 0 Å². The van der Waals surface area contributed by atoms with Crippen LogP contribution in [-0.4, -0.2) is 54.3 Å². The van der Waals surface area contributed by atoms with Gasteiger partial charge in [-0.05, 0) is 57.8 Å². The Morgan fingerprint density at radius 3 is 1.68 bits per heavy atom. The van der Waals surface area contributed by atoms with Crippen LogP contribution in [0.3, 0.4) is 0 Å². The first-order valence-electron chi connectivity index (χ1n) is 18.8. The molecule has 0 aromatic heterocycles. The summed E-state index contributed by atoms with van der Waals surface area (Å²) in [5, 5.41) is 12.6. The molecular weight excluding hydrogens is 617 g/mol. The third-order valence-electron chi connectivity index (χ3n) is 7.83. The average Bonchev–Trinajstić information content (AvgIpc) is 3.05. The fraction of sp³-hybridized carbons (Fsp3) is 0.838. The fourth-order valence-corrected chi connectivity index (χ4v) is 5.72. The van der Waals surface area contributed by atoms with Gasteiger partial charge in [0, 0.05) is 19.4 Å². The van der Waals surface area contributed by atoms with Crippen LogP contribution in [-0.2, 0) is 27.9 Å². The standard InChI is InChI=1S/C37H70NO8P/c1-3-5-7-9-11-13-15-16-17-18-19-20-22-24-26-28-30-37(41)44-33-35(39)34-46-47(42,43)45-32-31-38-36(40)29-27-25-23-21-14-12-10-8-6-4-2/h8,10,17-18,35,39H,3-7,9,11-16,19-34H2,1-2H3,(H,38,40)(H,42,43)/b10-8-,18-17-.